The molecule has 2 rings (SSSR count). The number of rotatable bonds is 10. The van der Waals surface area contributed by atoms with E-state index in [1.807, 2.05) is 27.0 Å². The van der Waals surface area contributed by atoms with Gasteiger partial charge in [0.25, 0.3) is 5.91 Å². The van der Waals surface area contributed by atoms with Crippen LogP contribution in [0, 0.1) is 0 Å². The summed E-state index contributed by atoms with van der Waals surface area (Å²) in [5, 5.41) is 9.58. The molecule has 0 spiro atoms. The Balaban J connectivity index is 2.38. The van der Waals surface area contributed by atoms with E-state index in [1.165, 1.54) is 16.7 Å². The molecule has 164 valence electrons. The predicted molar refractivity (Wildman–Crippen MR) is 131 cm³/mol. The third-order valence-corrected chi connectivity index (χ3v) is 6.69. The van der Waals surface area contributed by atoms with Crippen molar-refractivity contribution < 1.29 is 24.2 Å². The van der Waals surface area contributed by atoms with Crippen LogP contribution in [0.25, 0.3) is 6.08 Å². The van der Waals surface area contributed by atoms with Crippen LogP contribution in [0.1, 0.15) is 32.8 Å². The molecule has 0 aromatic heterocycles. The van der Waals surface area contributed by atoms with Gasteiger partial charge in [-0.15, -0.1) is 0 Å². The fourth-order valence-electron chi connectivity index (χ4n) is 2.76. The van der Waals surface area contributed by atoms with Crippen molar-refractivity contribution in [2.45, 2.75) is 39.3 Å². The topological polar surface area (TPSA) is 76.1 Å². The van der Waals surface area contributed by atoms with Crippen molar-refractivity contribution in [2.24, 2.45) is 0 Å². The number of amides is 1. The first-order chi connectivity index (χ1) is 14.2. The predicted octanol–water partition coefficient (Wildman–Crippen LogP) is 5.04. The summed E-state index contributed by atoms with van der Waals surface area (Å²) in [6, 6.07) is 2.62. The van der Waals surface area contributed by atoms with Crippen LogP contribution >= 0.6 is 51.7 Å². The molecule has 30 heavy (non-hydrogen) atoms. The molecule has 1 fully saturated rings. The van der Waals surface area contributed by atoms with E-state index in [0.29, 0.717) is 40.7 Å². The summed E-state index contributed by atoms with van der Waals surface area (Å²) < 4.78 is 12.5. The fourth-order valence-corrected chi connectivity index (χ4v) is 5.00. The lowest BCUT2D eigenvalue weighted by atomic mass is 10.1. The number of carbonyl (C=O) groups is 2. The van der Waals surface area contributed by atoms with E-state index in [0.717, 1.165) is 16.2 Å². The zero-order valence-corrected chi connectivity index (χ0v) is 21.2. The normalized spacial score (nSPS) is 16.5. The Morgan fingerprint density at radius 1 is 1.40 bits per heavy atom. The first-order valence-electron chi connectivity index (χ1n) is 9.31. The first-order valence-corrected chi connectivity index (χ1v) is 12.7. The maximum atomic E-state index is 13.0. The lowest BCUT2D eigenvalue weighted by Crippen LogP contribution is -2.44. The molecule has 1 heterocycles. The number of halogens is 1. The second-order valence-corrected chi connectivity index (χ2v) is 10.1. The summed E-state index contributed by atoms with van der Waals surface area (Å²) in [5.74, 6) is 0.335. The average molecular weight is 535 g/mol. The van der Waals surface area contributed by atoms with Crippen molar-refractivity contribution >= 4 is 73.9 Å². The third-order valence-electron chi connectivity index (χ3n) is 4.03. The standard InChI is InChI=1S/C20H24BrNO5S3/c1-5-26-15-8-12(13(21)10-16(15)27-11(2)3)9-17-18(23)22(20(28)30-17)14(19(24)25)6-7-29-4/h8-11,14H,5-7H2,1-4H3,(H,24,25)/b17-9-/t14-/m1/s1. The van der Waals surface area contributed by atoms with Crippen molar-refractivity contribution in [1.82, 2.24) is 4.90 Å². The number of carboxylic acids is 1. The Labute approximate surface area is 198 Å². The van der Waals surface area contributed by atoms with Crippen LogP contribution in [0.3, 0.4) is 0 Å². The van der Waals surface area contributed by atoms with Crippen molar-refractivity contribution in [3.05, 3.63) is 27.1 Å². The summed E-state index contributed by atoms with van der Waals surface area (Å²) in [4.78, 5) is 26.3. The quantitative estimate of drug-likeness (QED) is 0.331. The van der Waals surface area contributed by atoms with Crippen LogP contribution in [0.15, 0.2) is 21.5 Å². The van der Waals surface area contributed by atoms with Gasteiger partial charge >= 0.3 is 5.97 Å². The van der Waals surface area contributed by atoms with Crippen molar-refractivity contribution in [3.63, 3.8) is 0 Å². The molecule has 0 radical (unpaired) electrons. The van der Waals surface area contributed by atoms with Crippen LogP contribution in [0.2, 0.25) is 0 Å². The number of nitrogens with zero attached hydrogens (tertiary/aromatic N) is 1. The Morgan fingerprint density at radius 3 is 2.67 bits per heavy atom. The minimum absolute atomic E-state index is 0.0209. The molecule has 10 heteroatoms. The molecule has 1 atom stereocenters. The Morgan fingerprint density at radius 2 is 2.10 bits per heavy atom. The van der Waals surface area contributed by atoms with Crippen molar-refractivity contribution in [2.75, 3.05) is 18.6 Å². The molecule has 1 N–H and O–H groups in total. The maximum absolute atomic E-state index is 13.0. The first kappa shape index (κ1) is 25.0. The molecule has 1 aliphatic rings. The van der Waals surface area contributed by atoms with Crippen molar-refractivity contribution in [3.8, 4) is 11.5 Å². The summed E-state index contributed by atoms with van der Waals surface area (Å²) in [7, 11) is 0. The van der Waals surface area contributed by atoms with Gasteiger partial charge in [-0.2, -0.15) is 11.8 Å². The van der Waals surface area contributed by atoms with E-state index in [4.69, 9.17) is 21.7 Å². The minimum atomic E-state index is -1.06. The zero-order chi connectivity index (χ0) is 22.4. The van der Waals surface area contributed by atoms with Gasteiger partial charge in [0, 0.05) is 4.47 Å². The summed E-state index contributed by atoms with van der Waals surface area (Å²) in [6.45, 7) is 6.21. The van der Waals surface area contributed by atoms with Gasteiger partial charge < -0.3 is 14.6 Å². The zero-order valence-electron chi connectivity index (χ0n) is 17.1. The Kier molecular flexibility index (Phi) is 9.52. The van der Waals surface area contributed by atoms with E-state index in [9.17, 15) is 14.7 Å². The molecule has 1 amide bonds. The molecular weight excluding hydrogens is 510 g/mol. The second kappa shape index (κ2) is 11.4. The number of carbonyl (C=O) groups excluding carboxylic acids is 1. The molecule has 0 unspecified atom stereocenters. The Bertz CT molecular complexity index is 859. The molecule has 0 saturated carbocycles. The third kappa shape index (κ3) is 6.15. The highest BCUT2D eigenvalue weighted by Crippen LogP contribution is 2.39. The highest BCUT2D eigenvalue weighted by Gasteiger charge is 2.40. The average Bonchev–Trinajstić information content (AvgIpc) is 2.93. The number of hydrogen-bond acceptors (Lipinski definition) is 7. The monoisotopic (exact) mass is 533 g/mol. The molecular formula is C20H24BrNO5S3. The maximum Gasteiger partial charge on any atom is 0.326 e. The van der Waals surface area contributed by atoms with Gasteiger partial charge in [0.2, 0.25) is 0 Å². The Hall–Kier alpha value is -1.23. The molecule has 0 bridgehead atoms. The SMILES string of the molecule is CCOc1cc(/C=C2\SC(=S)N([C@H](CCSC)C(=O)O)C2=O)c(Br)cc1OC(C)C. The minimum Gasteiger partial charge on any atom is -0.490 e. The van der Waals surface area contributed by atoms with Gasteiger partial charge in [-0.1, -0.05) is 39.9 Å². The highest BCUT2D eigenvalue weighted by atomic mass is 79.9. The molecule has 6 nitrogen and oxygen atoms in total. The number of hydrogen-bond donors (Lipinski definition) is 1. The number of thioether (sulfide) groups is 2. The summed E-state index contributed by atoms with van der Waals surface area (Å²) in [5.41, 5.74) is 0.714. The number of thiocarbonyl (C=S) groups is 1. The number of benzene rings is 1. The molecule has 1 aromatic rings. The van der Waals surface area contributed by atoms with E-state index in [-0.39, 0.29) is 10.4 Å². The van der Waals surface area contributed by atoms with Gasteiger partial charge in [-0.05, 0) is 63.0 Å². The molecule has 0 aliphatic carbocycles. The van der Waals surface area contributed by atoms with E-state index < -0.39 is 17.9 Å². The van der Waals surface area contributed by atoms with E-state index in [1.54, 1.807) is 18.2 Å². The van der Waals surface area contributed by atoms with E-state index >= 15 is 0 Å². The fraction of sp³-hybridized carbons (Fsp3) is 0.450. The lowest BCUT2D eigenvalue weighted by molar-refractivity contribution is -0.145. The largest absolute Gasteiger partial charge is 0.490 e. The highest BCUT2D eigenvalue weighted by molar-refractivity contribution is 9.10. The van der Waals surface area contributed by atoms with Gasteiger partial charge in [0.1, 0.15) is 10.4 Å². The van der Waals surface area contributed by atoms with Crippen LogP contribution < -0.4 is 9.47 Å². The number of ether oxygens (including phenoxy) is 2. The van der Waals surface area contributed by atoms with Crippen LogP contribution in [0.5, 0.6) is 11.5 Å². The molecule has 1 aliphatic heterocycles. The van der Waals surface area contributed by atoms with E-state index in [2.05, 4.69) is 15.9 Å². The van der Waals surface area contributed by atoms with Gasteiger partial charge in [0.15, 0.2) is 11.5 Å². The van der Waals surface area contributed by atoms with Gasteiger partial charge in [-0.3, -0.25) is 9.69 Å². The summed E-state index contributed by atoms with van der Waals surface area (Å²) >= 11 is 11.5. The van der Waals surface area contributed by atoms with Crippen LogP contribution in [0.4, 0.5) is 0 Å². The van der Waals surface area contributed by atoms with Crippen LogP contribution in [-0.2, 0) is 9.59 Å². The molecule has 1 saturated heterocycles. The van der Waals surface area contributed by atoms with Crippen LogP contribution in [-0.4, -0.2) is 57.0 Å². The second-order valence-electron chi connectivity index (χ2n) is 6.61. The number of carboxylic acid groups (broad SMARTS) is 1. The van der Waals surface area contributed by atoms with Gasteiger partial charge in [-0.25, -0.2) is 4.79 Å². The summed E-state index contributed by atoms with van der Waals surface area (Å²) in [6.07, 6.45) is 3.89. The lowest BCUT2D eigenvalue weighted by Gasteiger charge is -2.22. The smallest absolute Gasteiger partial charge is 0.326 e. The van der Waals surface area contributed by atoms with Crippen molar-refractivity contribution in [1.29, 1.82) is 0 Å². The van der Waals surface area contributed by atoms with Gasteiger partial charge in [0.05, 0.1) is 17.6 Å². The number of aliphatic carboxylic acids is 1. The molecule has 1 aromatic carbocycles.